The van der Waals surface area contributed by atoms with Gasteiger partial charge in [-0.3, -0.25) is 0 Å². The predicted octanol–water partition coefficient (Wildman–Crippen LogP) is 2.30. The molecule has 3 aromatic rings. The van der Waals surface area contributed by atoms with Crippen molar-refractivity contribution in [1.29, 1.82) is 0 Å². The highest BCUT2D eigenvalue weighted by Gasteiger charge is 2.13. The summed E-state index contributed by atoms with van der Waals surface area (Å²) in [5.41, 5.74) is 1.82. The van der Waals surface area contributed by atoms with Crippen molar-refractivity contribution in [3.63, 3.8) is 0 Å². The number of fused-ring (bicyclic) bond motifs is 1. The number of imidazole rings is 1. The minimum Gasteiger partial charge on any atom is -0.388 e. The van der Waals surface area contributed by atoms with Crippen molar-refractivity contribution in [1.82, 2.24) is 19.7 Å². The lowest BCUT2D eigenvalue weighted by Crippen LogP contribution is -2.06. The lowest BCUT2D eigenvalue weighted by molar-refractivity contribution is 0.266. The highest BCUT2D eigenvalue weighted by molar-refractivity contribution is 5.75. The molecule has 6 heteroatoms. The maximum Gasteiger partial charge on any atom is 0.226 e. The maximum absolute atomic E-state index is 9.47. The lowest BCUT2D eigenvalue weighted by Gasteiger charge is -2.03. The molecule has 1 aromatic carbocycles. The third-order valence-electron chi connectivity index (χ3n) is 3.43. The number of unbranched alkanes of at least 4 members (excludes halogenated alkanes) is 1. The summed E-state index contributed by atoms with van der Waals surface area (Å²) >= 11 is 0. The van der Waals surface area contributed by atoms with Gasteiger partial charge in [0.1, 0.15) is 12.4 Å². The molecule has 2 aromatic heterocycles. The van der Waals surface area contributed by atoms with Gasteiger partial charge in [-0.1, -0.05) is 30.6 Å². The second kappa shape index (κ2) is 6.05. The molecule has 0 amide bonds. The summed E-state index contributed by atoms with van der Waals surface area (Å²) in [5.74, 6) is 1.89. The van der Waals surface area contributed by atoms with Gasteiger partial charge in [-0.2, -0.15) is 4.98 Å². The van der Waals surface area contributed by atoms with E-state index >= 15 is 0 Å². The normalized spacial score (nSPS) is 11.3. The van der Waals surface area contributed by atoms with E-state index in [1.165, 1.54) is 0 Å². The standard InChI is InChI=1S/C15H18N4O2/c1-2-3-8-15-17-13(18-21-15)9-19-12-7-5-4-6-11(12)16-14(19)10-20/h4-7,20H,2-3,8-10H2,1H3. The maximum atomic E-state index is 9.47. The summed E-state index contributed by atoms with van der Waals surface area (Å²) in [5, 5.41) is 13.5. The van der Waals surface area contributed by atoms with Crippen LogP contribution in [0.4, 0.5) is 0 Å². The number of aromatic nitrogens is 4. The van der Waals surface area contributed by atoms with Crippen LogP contribution in [-0.4, -0.2) is 24.8 Å². The van der Waals surface area contributed by atoms with E-state index in [2.05, 4.69) is 22.0 Å². The SMILES string of the molecule is CCCCc1nc(Cn2c(CO)nc3ccccc32)no1. The first-order valence-electron chi connectivity index (χ1n) is 7.18. The fourth-order valence-corrected chi connectivity index (χ4v) is 2.35. The number of rotatable bonds is 6. The summed E-state index contributed by atoms with van der Waals surface area (Å²) < 4.78 is 7.16. The summed E-state index contributed by atoms with van der Waals surface area (Å²) in [6.07, 6.45) is 2.94. The second-order valence-electron chi connectivity index (χ2n) is 4.97. The van der Waals surface area contributed by atoms with Crippen LogP contribution in [0, 0.1) is 0 Å². The smallest absolute Gasteiger partial charge is 0.226 e. The van der Waals surface area contributed by atoms with Crippen molar-refractivity contribution in [3.8, 4) is 0 Å². The lowest BCUT2D eigenvalue weighted by atomic mass is 10.2. The van der Waals surface area contributed by atoms with Crippen molar-refractivity contribution < 1.29 is 9.63 Å². The molecule has 21 heavy (non-hydrogen) atoms. The van der Waals surface area contributed by atoms with Gasteiger partial charge in [-0.05, 0) is 18.6 Å². The Morgan fingerprint density at radius 2 is 2.10 bits per heavy atom. The summed E-state index contributed by atoms with van der Waals surface area (Å²) in [7, 11) is 0. The number of para-hydroxylation sites is 2. The molecule has 110 valence electrons. The fourth-order valence-electron chi connectivity index (χ4n) is 2.35. The minimum atomic E-state index is -0.116. The van der Waals surface area contributed by atoms with Crippen molar-refractivity contribution in [2.24, 2.45) is 0 Å². The van der Waals surface area contributed by atoms with Gasteiger partial charge in [0.15, 0.2) is 5.82 Å². The first-order chi connectivity index (χ1) is 10.3. The molecule has 0 aliphatic rings. The molecule has 0 radical (unpaired) electrons. The Morgan fingerprint density at radius 1 is 1.24 bits per heavy atom. The largest absolute Gasteiger partial charge is 0.388 e. The number of aryl methyl sites for hydroxylation is 1. The first kappa shape index (κ1) is 13.8. The van der Waals surface area contributed by atoms with E-state index in [0.717, 1.165) is 30.3 Å². The number of hydrogen-bond acceptors (Lipinski definition) is 5. The van der Waals surface area contributed by atoms with Gasteiger partial charge in [-0.25, -0.2) is 4.98 Å². The summed E-state index contributed by atoms with van der Waals surface area (Å²) in [6.45, 7) is 2.46. The molecular weight excluding hydrogens is 268 g/mol. The number of hydrogen-bond donors (Lipinski definition) is 1. The quantitative estimate of drug-likeness (QED) is 0.752. The molecule has 0 aliphatic carbocycles. The van der Waals surface area contributed by atoms with Crippen molar-refractivity contribution in [2.45, 2.75) is 39.3 Å². The Morgan fingerprint density at radius 3 is 2.90 bits per heavy atom. The van der Waals surface area contributed by atoms with Crippen LogP contribution in [-0.2, 0) is 19.6 Å². The van der Waals surface area contributed by atoms with Crippen molar-refractivity contribution in [2.75, 3.05) is 0 Å². The van der Waals surface area contributed by atoms with Gasteiger partial charge in [-0.15, -0.1) is 0 Å². The first-order valence-corrected chi connectivity index (χ1v) is 7.18. The van der Waals surface area contributed by atoms with Gasteiger partial charge in [0.25, 0.3) is 0 Å². The molecule has 0 saturated heterocycles. The third kappa shape index (κ3) is 2.80. The van der Waals surface area contributed by atoms with E-state index in [-0.39, 0.29) is 6.61 Å². The Labute approximate surface area is 122 Å². The van der Waals surface area contributed by atoms with E-state index in [1.807, 2.05) is 28.8 Å². The van der Waals surface area contributed by atoms with E-state index in [4.69, 9.17) is 4.52 Å². The molecule has 0 fully saturated rings. The molecule has 2 heterocycles. The molecule has 0 bridgehead atoms. The minimum absolute atomic E-state index is 0.116. The molecular formula is C15H18N4O2. The van der Waals surface area contributed by atoms with E-state index in [1.54, 1.807) is 0 Å². The zero-order valence-electron chi connectivity index (χ0n) is 12.0. The molecule has 0 spiro atoms. The molecule has 0 atom stereocenters. The zero-order chi connectivity index (χ0) is 14.7. The van der Waals surface area contributed by atoms with Crippen LogP contribution in [0.25, 0.3) is 11.0 Å². The number of nitrogens with zero attached hydrogens (tertiary/aromatic N) is 4. The van der Waals surface area contributed by atoms with Gasteiger partial charge in [0.05, 0.1) is 17.6 Å². The van der Waals surface area contributed by atoms with Crippen LogP contribution in [0.1, 0.15) is 37.3 Å². The molecule has 1 N–H and O–H groups in total. The summed E-state index contributed by atoms with van der Waals surface area (Å²) in [4.78, 5) is 8.81. The Hall–Kier alpha value is -2.21. The number of aliphatic hydroxyl groups is 1. The Kier molecular flexibility index (Phi) is 3.96. The molecule has 3 rings (SSSR count). The van der Waals surface area contributed by atoms with Crippen LogP contribution in [0.3, 0.4) is 0 Å². The summed E-state index contributed by atoms with van der Waals surface area (Å²) in [6, 6.07) is 7.77. The van der Waals surface area contributed by atoms with E-state index in [9.17, 15) is 5.11 Å². The third-order valence-corrected chi connectivity index (χ3v) is 3.43. The molecule has 6 nitrogen and oxygen atoms in total. The number of benzene rings is 1. The van der Waals surface area contributed by atoms with Crippen LogP contribution >= 0.6 is 0 Å². The van der Waals surface area contributed by atoms with Crippen LogP contribution in [0.15, 0.2) is 28.8 Å². The van der Waals surface area contributed by atoms with Gasteiger partial charge >= 0.3 is 0 Å². The molecule has 0 aliphatic heterocycles. The van der Waals surface area contributed by atoms with Gasteiger partial charge in [0.2, 0.25) is 5.89 Å². The monoisotopic (exact) mass is 286 g/mol. The van der Waals surface area contributed by atoms with Crippen molar-refractivity contribution >= 4 is 11.0 Å². The number of aliphatic hydroxyl groups excluding tert-OH is 1. The van der Waals surface area contributed by atoms with Crippen LogP contribution in [0.5, 0.6) is 0 Å². The average molecular weight is 286 g/mol. The van der Waals surface area contributed by atoms with E-state index < -0.39 is 0 Å². The van der Waals surface area contributed by atoms with Crippen LogP contribution in [0.2, 0.25) is 0 Å². The highest BCUT2D eigenvalue weighted by Crippen LogP contribution is 2.17. The Balaban J connectivity index is 1.88. The van der Waals surface area contributed by atoms with E-state index in [0.29, 0.717) is 24.1 Å². The fraction of sp³-hybridized carbons (Fsp3) is 0.400. The Bertz CT molecular complexity index is 732. The van der Waals surface area contributed by atoms with Crippen LogP contribution < -0.4 is 0 Å². The molecule has 0 unspecified atom stereocenters. The topological polar surface area (TPSA) is 77.0 Å². The second-order valence-corrected chi connectivity index (χ2v) is 4.97. The predicted molar refractivity (Wildman–Crippen MR) is 77.7 cm³/mol. The zero-order valence-corrected chi connectivity index (χ0v) is 12.0. The van der Waals surface area contributed by atoms with Crippen molar-refractivity contribution in [3.05, 3.63) is 41.8 Å². The van der Waals surface area contributed by atoms with Gasteiger partial charge in [0, 0.05) is 6.42 Å². The highest BCUT2D eigenvalue weighted by atomic mass is 16.5. The average Bonchev–Trinajstić information content (AvgIpc) is 3.10. The van der Waals surface area contributed by atoms with Gasteiger partial charge < -0.3 is 14.2 Å². The molecule has 0 saturated carbocycles.